The Labute approximate surface area is 317 Å². The largest absolute Gasteiger partial charge is 1.00 e. The van der Waals surface area contributed by atoms with E-state index in [2.05, 4.69) is 25.0 Å². The summed E-state index contributed by atoms with van der Waals surface area (Å²) in [5.41, 5.74) is -0.514. The molecule has 0 spiro atoms. The van der Waals surface area contributed by atoms with Crippen LogP contribution in [0.5, 0.6) is 0 Å². The van der Waals surface area contributed by atoms with Crippen LogP contribution in [0.3, 0.4) is 0 Å². The SMILES string of the molecule is CC1CCCC(C)Cc2c(C(=O)[O-])ccc(C(=O)[O-])c2CC(C)CC1.O=C(O)c1cccc(C(=O)OS(=O)(=O)O)c1S(=O)(=O)O.[Na+].[Na+]. The molecular formula is C29H34Na2O14S2. The molecular weight excluding hydrogens is 682 g/mol. The third-order valence-corrected chi connectivity index (χ3v) is 8.74. The molecule has 3 rings (SSSR count). The van der Waals surface area contributed by atoms with E-state index in [9.17, 15) is 46.2 Å². The summed E-state index contributed by atoms with van der Waals surface area (Å²) in [7, 11) is -10.4. The first-order valence-corrected chi connectivity index (χ1v) is 16.7. The summed E-state index contributed by atoms with van der Waals surface area (Å²) in [5, 5.41) is 32.0. The van der Waals surface area contributed by atoms with Crippen LogP contribution in [0.1, 0.15) is 105 Å². The molecule has 0 radical (unpaired) electrons. The van der Waals surface area contributed by atoms with Crippen LogP contribution in [0.15, 0.2) is 35.2 Å². The van der Waals surface area contributed by atoms with Crippen LogP contribution in [0.25, 0.3) is 0 Å². The molecule has 2 aromatic rings. The van der Waals surface area contributed by atoms with E-state index in [1.165, 1.54) is 18.6 Å². The zero-order valence-corrected chi connectivity index (χ0v) is 32.4. The van der Waals surface area contributed by atoms with E-state index >= 15 is 0 Å². The van der Waals surface area contributed by atoms with E-state index in [1.54, 1.807) is 0 Å². The van der Waals surface area contributed by atoms with Gasteiger partial charge in [-0.25, -0.2) is 9.59 Å². The summed E-state index contributed by atoms with van der Waals surface area (Å²) >= 11 is 0. The Balaban J connectivity index is 0.000000884. The van der Waals surface area contributed by atoms with Crippen LogP contribution < -0.4 is 69.3 Å². The first-order chi connectivity index (χ1) is 20.7. The van der Waals surface area contributed by atoms with Crippen molar-refractivity contribution in [3.8, 4) is 0 Å². The Morgan fingerprint density at radius 1 is 0.702 bits per heavy atom. The molecule has 0 heterocycles. The van der Waals surface area contributed by atoms with Gasteiger partial charge in [-0.15, -0.1) is 0 Å². The van der Waals surface area contributed by atoms with Crippen molar-refractivity contribution in [1.82, 2.24) is 0 Å². The van der Waals surface area contributed by atoms with Crippen LogP contribution in [0.2, 0.25) is 0 Å². The van der Waals surface area contributed by atoms with Crippen molar-refractivity contribution in [2.75, 3.05) is 0 Å². The number of fused-ring (bicyclic) bond motifs is 1. The van der Waals surface area contributed by atoms with Gasteiger partial charge in [0.05, 0.1) is 23.1 Å². The number of carbonyl (C=O) groups excluding carboxylic acids is 3. The minimum absolute atomic E-state index is 0. The zero-order chi connectivity index (χ0) is 34.3. The van der Waals surface area contributed by atoms with Crippen LogP contribution in [0.4, 0.5) is 0 Å². The van der Waals surface area contributed by atoms with Gasteiger partial charge in [-0.3, -0.25) is 9.11 Å². The zero-order valence-electron chi connectivity index (χ0n) is 26.7. The Morgan fingerprint density at radius 2 is 1.13 bits per heavy atom. The van der Waals surface area contributed by atoms with Gasteiger partial charge < -0.3 is 29.1 Å². The minimum atomic E-state index is -5.24. The quantitative estimate of drug-likeness (QED) is 0.190. The number of carboxylic acids is 3. The number of hydrogen-bond donors (Lipinski definition) is 3. The van der Waals surface area contributed by atoms with Gasteiger partial charge in [-0.2, -0.15) is 16.8 Å². The normalized spacial score (nSPS) is 18.5. The first kappa shape index (κ1) is 45.1. The molecule has 1 aliphatic carbocycles. The number of carboxylic acid groups (broad SMARTS) is 3. The fourth-order valence-corrected chi connectivity index (χ4v) is 6.40. The molecule has 3 N–H and O–H groups in total. The monoisotopic (exact) mass is 716 g/mol. The van der Waals surface area contributed by atoms with Crippen molar-refractivity contribution in [3.05, 3.63) is 63.7 Å². The Morgan fingerprint density at radius 3 is 1.55 bits per heavy atom. The molecule has 0 aliphatic heterocycles. The predicted molar refractivity (Wildman–Crippen MR) is 153 cm³/mol. The molecule has 3 atom stereocenters. The molecule has 0 saturated carbocycles. The van der Waals surface area contributed by atoms with E-state index in [0.29, 0.717) is 47.8 Å². The van der Waals surface area contributed by atoms with E-state index < -0.39 is 60.4 Å². The van der Waals surface area contributed by atoms with Crippen molar-refractivity contribution in [2.24, 2.45) is 17.8 Å². The van der Waals surface area contributed by atoms with Crippen LogP contribution in [-0.2, 0) is 37.5 Å². The van der Waals surface area contributed by atoms with E-state index in [1.807, 2.05) is 0 Å². The molecule has 47 heavy (non-hydrogen) atoms. The van der Waals surface area contributed by atoms with Gasteiger partial charge in [0.15, 0.2) is 0 Å². The van der Waals surface area contributed by atoms with Gasteiger partial charge >= 0.3 is 81.5 Å². The second-order valence-electron chi connectivity index (χ2n) is 11.2. The Kier molecular flexibility index (Phi) is 18.6. The molecule has 248 valence electrons. The van der Waals surface area contributed by atoms with Crippen molar-refractivity contribution >= 4 is 44.4 Å². The van der Waals surface area contributed by atoms with Gasteiger partial charge in [0.2, 0.25) is 0 Å². The smallest absolute Gasteiger partial charge is 0.545 e. The number of carbonyl (C=O) groups is 4. The second kappa shape index (κ2) is 19.4. The first-order valence-electron chi connectivity index (χ1n) is 13.8. The summed E-state index contributed by atoms with van der Waals surface area (Å²) < 4.78 is 63.8. The number of benzene rings is 2. The van der Waals surface area contributed by atoms with Crippen molar-refractivity contribution in [2.45, 2.75) is 70.6 Å². The summed E-state index contributed by atoms with van der Waals surface area (Å²) in [6, 6.07) is 5.10. The molecule has 0 amide bonds. The molecule has 0 aromatic heterocycles. The predicted octanol–water partition coefficient (Wildman–Crippen LogP) is -4.03. The molecule has 18 heteroatoms. The summed E-state index contributed by atoms with van der Waals surface area (Å²) in [6.07, 6.45) is 6.59. The van der Waals surface area contributed by atoms with E-state index in [4.69, 9.17) is 14.2 Å². The maximum absolute atomic E-state index is 11.6. The van der Waals surface area contributed by atoms with Gasteiger partial charge in [-0.05, 0) is 53.9 Å². The number of rotatable bonds is 6. The molecule has 1 aliphatic rings. The molecule has 0 fully saturated rings. The topological polar surface area (TPSA) is 253 Å². The molecule has 0 saturated heterocycles. The van der Waals surface area contributed by atoms with Crippen LogP contribution in [0, 0.1) is 17.8 Å². The van der Waals surface area contributed by atoms with Crippen LogP contribution >= 0.6 is 0 Å². The maximum atomic E-state index is 11.6. The van der Waals surface area contributed by atoms with Crippen LogP contribution in [-0.4, -0.2) is 54.9 Å². The van der Waals surface area contributed by atoms with E-state index in [0.717, 1.165) is 37.8 Å². The summed E-state index contributed by atoms with van der Waals surface area (Å²) in [4.78, 5) is 44.0. The average Bonchev–Trinajstić information content (AvgIpc) is 2.90. The Bertz CT molecular complexity index is 1670. The minimum Gasteiger partial charge on any atom is -0.545 e. The molecule has 3 unspecified atom stereocenters. The van der Waals surface area contributed by atoms with Gasteiger partial charge in [0.25, 0.3) is 10.1 Å². The third-order valence-electron chi connectivity index (χ3n) is 7.43. The third kappa shape index (κ3) is 13.9. The average molecular weight is 717 g/mol. The maximum Gasteiger partial charge on any atom is 1.00 e. The fraction of sp³-hybridized carbons (Fsp3) is 0.448. The van der Waals surface area contributed by atoms with Gasteiger partial charge in [0.1, 0.15) is 4.90 Å². The summed E-state index contributed by atoms with van der Waals surface area (Å²) in [6.45, 7) is 6.49. The van der Waals surface area contributed by atoms with Gasteiger partial charge in [0, 0.05) is 11.1 Å². The molecule has 2 aromatic carbocycles. The van der Waals surface area contributed by atoms with Gasteiger partial charge in [-0.1, -0.05) is 71.1 Å². The molecule has 14 nitrogen and oxygen atoms in total. The standard InChI is InChI=1S/C21H30O4.C8H6O10S2.2Na/c1-13-5-4-6-14(2)11-18-16(20(22)23)9-10-17(21(24)25)19(18)12-15(3)8-7-13;9-7(10)4-2-1-3-5(6(4)19(12,13)14)8(11)18-20(15,16)17;;/h9-10,13-15H,4-8,11-12H2,1-3H3,(H,22,23)(H,24,25);1-3H,(H,9,10)(H,12,13,14)(H,15,16,17);;/q;;2*+1/p-2. The number of hydrogen-bond acceptors (Lipinski definition) is 11. The number of aromatic carboxylic acids is 3. The van der Waals surface area contributed by atoms with Crippen molar-refractivity contribution in [1.29, 1.82) is 0 Å². The van der Waals surface area contributed by atoms with Crippen molar-refractivity contribution in [3.63, 3.8) is 0 Å². The second-order valence-corrected chi connectivity index (χ2v) is 13.6. The van der Waals surface area contributed by atoms with E-state index in [-0.39, 0.29) is 70.2 Å². The Hall–Kier alpha value is -1.86. The fourth-order valence-electron chi connectivity index (χ4n) is 5.26. The summed E-state index contributed by atoms with van der Waals surface area (Å²) in [5.74, 6) is -4.86. The van der Waals surface area contributed by atoms with Crippen molar-refractivity contribution < 1.29 is 124 Å². The molecule has 0 bridgehead atoms.